The largest absolute Gasteiger partial charge is 0.391 e. The Hall–Kier alpha value is -1.23. The second kappa shape index (κ2) is 6.71. The van der Waals surface area contributed by atoms with Crippen LogP contribution in [0.4, 0.5) is 0 Å². The highest BCUT2D eigenvalue weighted by Crippen LogP contribution is 2.38. The molecule has 0 aliphatic heterocycles. The topological polar surface area (TPSA) is 46.3 Å². The molecule has 0 fully saturated rings. The van der Waals surface area contributed by atoms with Gasteiger partial charge in [-0.1, -0.05) is 57.6 Å². The lowest BCUT2D eigenvalue weighted by Gasteiger charge is -2.04. The summed E-state index contributed by atoms with van der Waals surface area (Å²) in [7, 11) is 0. The Kier molecular flexibility index (Phi) is 4.85. The van der Waals surface area contributed by atoms with Gasteiger partial charge in [0.15, 0.2) is 5.76 Å². The molecular weight excluding hydrogens is 380 g/mol. The number of benzene rings is 2. The SMILES string of the molecule is OCc1c(-c2ccc(Cl)c(Cl)c2)noc1-c1ccc(Cl)cc1Cl. The average Bonchev–Trinajstić information content (AvgIpc) is 2.93. The summed E-state index contributed by atoms with van der Waals surface area (Å²) < 4.78 is 5.40. The standard InChI is InChI=1S/C16H9Cl4NO2/c17-9-2-3-10(13(19)6-9)16-11(7-22)15(21-23-16)8-1-4-12(18)14(20)5-8/h1-6,22H,7H2. The summed E-state index contributed by atoms with van der Waals surface area (Å²) in [6, 6.07) is 10.1. The molecule has 1 aromatic heterocycles. The van der Waals surface area contributed by atoms with E-state index in [2.05, 4.69) is 5.16 Å². The molecule has 118 valence electrons. The van der Waals surface area contributed by atoms with Crippen LogP contribution in [-0.2, 0) is 6.61 Å². The molecule has 1 N–H and O–H groups in total. The van der Waals surface area contributed by atoms with Crippen molar-refractivity contribution in [3.63, 3.8) is 0 Å². The molecule has 2 aromatic carbocycles. The van der Waals surface area contributed by atoms with Gasteiger partial charge in [0, 0.05) is 16.1 Å². The lowest BCUT2D eigenvalue weighted by atomic mass is 10.0. The Morgan fingerprint density at radius 1 is 0.913 bits per heavy atom. The summed E-state index contributed by atoms with van der Waals surface area (Å²) >= 11 is 24.1. The van der Waals surface area contributed by atoms with Gasteiger partial charge in [0.2, 0.25) is 0 Å². The lowest BCUT2D eigenvalue weighted by molar-refractivity contribution is 0.281. The molecule has 0 saturated carbocycles. The molecule has 0 aliphatic carbocycles. The zero-order chi connectivity index (χ0) is 16.6. The van der Waals surface area contributed by atoms with Gasteiger partial charge in [0.1, 0.15) is 5.69 Å². The van der Waals surface area contributed by atoms with Crippen molar-refractivity contribution in [1.29, 1.82) is 0 Å². The van der Waals surface area contributed by atoms with Crippen LogP contribution in [0.5, 0.6) is 0 Å². The highest BCUT2D eigenvalue weighted by molar-refractivity contribution is 6.42. The fraction of sp³-hybridized carbons (Fsp3) is 0.0625. The molecule has 0 bridgehead atoms. The van der Waals surface area contributed by atoms with E-state index in [1.807, 2.05) is 0 Å². The van der Waals surface area contributed by atoms with E-state index in [-0.39, 0.29) is 6.61 Å². The summed E-state index contributed by atoms with van der Waals surface area (Å²) in [6.07, 6.45) is 0. The van der Waals surface area contributed by atoms with Crippen molar-refractivity contribution in [3.05, 3.63) is 62.1 Å². The van der Waals surface area contributed by atoms with Gasteiger partial charge in [0.25, 0.3) is 0 Å². The van der Waals surface area contributed by atoms with Crippen LogP contribution in [0.25, 0.3) is 22.6 Å². The van der Waals surface area contributed by atoms with Crippen molar-refractivity contribution in [2.45, 2.75) is 6.61 Å². The van der Waals surface area contributed by atoms with Crippen LogP contribution in [0, 0.1) is 0 Å². The van der Waals surface area contributed by atoms with Crippen LogP contribution in [-0.4, -0.2) is 10.3 Å². The third kappa shape index (κ3) is 3.21. The number of aliphatic hydroxyl groups is 1. The van der Waals surface area contributed by atoms with Gasteiger partial charge < -0.3 is 9.63 Å². The van der Waals surface area contributed by atoms with Gasteiger partial charge in [-0.05, 0) is 30.3 Å². The van der Waals surface area contributed by atoms with E-state index in [9.17, 15) is 5.11 Å². The van der Waals surface area contributed by atoms with Crippen LogP contribution in [0.15, 0.2) is 40.9 Å². The first-order valence-corrected chi connectivity index (χ1v) is 8.02. The Labute approximate surface area is 152 Å². The van der Waals surface area contributed by atoms with Crippen molar-refractivity contribution in [3.8, 4) is 22.6 Å². The molecule has 0 unspecified atom stereocenters. The number of aromatic nitrogens is 1. The molecule has 23 heavy (non-hydrogen) atoms. The number of aliphatic hydroxyl groups excluding tert-OH is 1. The Bertz CT molecular complexity index is 877. The molecule has 0 spiro atoms. The van der Waals surface area contributed by atoms with E-state index < -0.39 is 0 Å². The van der Waals surface area contributed by atoms with Crippen molar-refractivity contribution < 1.29 is 9.63 Å². The second-order valence-corrected chi connectivity index (χ2v) is 6.41. The summed E-state index contributed by atoms with van der Waals surface area (Å²) in [4.78, 5) is 0. The number of nitrogens with zero attached hydrogens (tertiary/aromatic N) is 1. The third-order valence-electron chi connectivity index (χ3n) is 3.32. The van der Waals surface area contributed by atoms with Gasteiger partial charge in [-0.25, -0.2) is 0 Å². The minimum Gasteiger partial charge on any atom is -0.391 e. The van der Waals surface area contributed by atoms with E-state index in [4.69, 9.17) is 50.9 Å². The van der Waals surface area contributed by atoms with E-state index in [1.165, 1.54) is 0 Å². The van der Waals surface area contributed by atoms with Crippen LogP contribution in [0.3, 0.4) is 0 Å². The van der Waals surface area contributed by atoms with E-state index in [0.717, 1.165) is 0 Å². The molecule has 3 rings (SSSR count). The van der Waals surface area contributed by atoms with Crippen LogP contribution in [0.2, 0.25) is 20.1 Å². The van der Waals surface area contributed by atoms with E-state index >= 15 is 0 Å². The Morgan fingerprint density at radius 2 is 1.70 bits per heavy atom. The minimum atomic E-state index is -0.270. The monoisotopic (exact) mass is 387 g/mol. The normalized spacial score (nSPS) is 11.0. The number of halogens is 4. The summed E-state index contributed by atoms with van der Waals surface area (Å²) in [5.41, 5.74) is 2.27. The molecule has 0 radical (unpaired) electrons. The molecule has 0 amide bonds. The molecular formula is C16H9Cl4NO2. The first-order valence-electron chi connectivity index (χ1n) is 6.51. The molecule has 3 aromatic rings. The average molecular weight is 389 g/mol. The Balaban J connectivity index is 2.15. The quantitative estimate of drug-likeness (QED) is 0.588. The zero-order valence-electron chi connectivity index (χ0n) is 11.5. The van der Waals surface area contributed by atoms with Crippen molar-refractivity contribution >= 4 is 46.4 Å². The molecule has 0 atom stereocenters. The molecule has 3 nitrogen and oxygen atoms in total. The Morgan fingerprint density at radius 3 is 2.35 bits per heavy atom. The van der Waals surface area contributed by atoms with Crippen molar-refractivity contribution in [2.24, 2.45) is 0 Å². The molecule has 7 heteroatoms. The van der Waals surface area contributed by atoms with Crippen LogP contribution >= 0.6 is 46.4 Å². The van der Waals surface area contributed by atoms with Crippen LogP contribution < -0.4 is 0 Å². The summed E-state index contributed by atoms with van der Waals surface area (Å²) in [5, 5.41) is 15.5. The number of hydrogen-bond donors (Lipinski definition) is 1. The minimum absolute atomic E-state index is 0.270. The van der Waals surface area contributed by atoms with Gasteiger partial charge in [-0.15, -0.1) is 0 Å². The third-order valence-corrected chi connectivity index (χ3v) is 4.60. The van der Waals surface area contributed by atoms with Gasteiger partial charge in [-0.3, -0.25) is 0 Å². The first-order chi connectivity index (χ1) is 11.0. The summed E-state index contributed by atoms with van der Waals surface area (Å²) in [6.45, 7) is -0.270. The lowest BCUT2D eigenvalue weighted by Crippen LogP contribution is -1.90. The van der Waals surface area contributed by atoms with E-state index in [0.29, 0.717) is 48.2 Å². The number of hydrogen-bond acceptors (Lipinski definition) is 3. The van der Waals surface area contributed by atoms with Crippen molar-refractivity contribution in [1.82, 2.24) is 5.16 Å². The molecule has 0 aliphatic rings. The maximum Gasteiger partial charge on any atom is 0.174 e. The maximum absolute atomic E-state index is 9.75. The van der Waals surface area contributed by atoms with Gasteiger partial charge >= 0.3 is 0 Å². The predicted octanol–water partition coefficient (Wildman–Crippen LogP) is 6.11. The smallest absolute Gasteiger partial charge is 0.174 e. The molecule has 1 heterocycles. The second-order valence-electron chi connectivity index (χ2n) is 4.75. The number of rotatable bonds is 3. The highest BCUT2D eigenvalue weighted by atomic mass is 35.5. The van der Waals surface area contributed by atoms with Crippen molar-refractivity contribution in [2.75, 3.05) is 0 Å². The highest BCUT2D eigenvalue weighted by Gasteiger charge is 2.20. The predicted molar refractivity (Wildman–Crippen MR) is 93.3 cm³/mol. The fourth-order valence-electron chi connectivity index (χ4n) is 2.21. The van der Waals surface area contributed by atoms with E-state index in [1.54, 1.807) is 36.4 Å². The first kappa shape index (κ1) is 16.6. The zero-order valence-corrected chi connectivity index (χ0v) is 14.5. The summed E-state index contributed by atoms with van der Waals surface area (Å²) in [5.74, 6) is 0.384. The fourth-order valence-corrected chi connectivity index (χ4v) is 3.00. The van der Waals surface area contributed by atoms with Gasteiger partial charge in [0.05, 0.1) is 27.2 Å². The van der Waals surface area contributed by atoms with Crippen LogP contribution in [0.1, 0.15) is 5.56 Å². The molecule has 0 saturated heterocycles. The van der Waals surface area contributed by atoms with Gasteiger partial charge in [-0.2, -0.15) is 0 Å². The maximum atomic E-state index is 9.75.